The van der Waals surface area contributed by atoms with E-state index in [0.717, 1.165) is 0 Å². The van der Waals surface area contributed by atoms with E-state index >= 15 is 0 Å². The average molecular weight is 341 g/mol. The van der Waals surface area contributed by atoms with E-state index in [2.05, 4.69) is 5.10 Å². The summed E-state index contributed by atoms with van der Waals surface area (Å²) >= 11 is 0. The maximum Gasteiger partial charge on any atom is 0.278 e. The molecular weight excluding hydrogens is 325 g/mol. The molecule has 1 aromatic heterocycles. The molecule has 0 fully saturated rings. The van der Waals surface area contributed by atoms with Crippen molar-refractivity contribution in [1.29, 1.82) is 0 Å². The third kappa shape index (κ3) is 3.16. The molecule has 3 rings (SSSR count). The molecule has 0 aliphatic carbocycles. The van der Waals surface area contributed by atoms with Gasteiger partial charge in [-0.15, -0.1) is 5.10 Å². The van der Waals surface area contributed by atoms with Gasteiger partial charge in [0.05, 0.1) is 19.9 Å². The quantitative estimate of drug-likeness (QED) is 0.789. The number of anilines is 1. The van der Waals surface area contributed by atoms with E-state index in [1.165, 1.54) is 31.0 Å². The number of halogens is 1. The molecule has 2 aromatic carbocycles. The van der Waals surface area contributed by atoms with Gasteiger partial charge in [0.2, 0.25) is 0 Å². The molecule has 2 N–H and O–H groups in total. The highest BCUT2D eigenvalue weighted by Gasteiger charge is 2.18. The maximum absolute atomic E-state index is 13.1. The normalized spacial score (nSPS) is 10.5. The summed E-state index contributed by atoms with van der Waals surface area (Å²) in [7, 11) is 3.00. The minimum atomic E-state index is -0.392. The fourth-order valence-corrected chi connectivity index (χ4v) is 2.47. The summed E-state index contributed by atoms with van der Waals surface area (Å²) in [5, 5.41) is 4.06. The highest BCUT2D eigenvalue weighted by Crippen LogP contribution is 2.29. The summed E-state index contributed by atoms with van der Waals surface area (Å²) < 4.78 is 24.7. The fraction of sp³-hybridized carbons (Fsp3) is 0.111. The van der Waals surface area contributed by atoms with E-state index < -0.39 is 5.91 Å². The number of benzene rings is 2. The lowest BCUT2D eigenvalue weighted by atomic mass is 10.1. The Kier molecular flexibility index (Phi) is 4.38. The smallest absolute Gasteiger partial charge is 0.278 e. The second-order valence-corrected chi connectivity index (χ2v) is 5.25. The van der Waals surface area contributed by atoms with Crippen LogP contribution in [0, 0.1) is 5.82 Å². The topological polar surface area (TPSA) is 79.4 Å². The van der Waals surface area contributed by atoms with Crippen molar-refractivity contribution < 1.29 is 18.7 Å². The summed E-state index contributed by atoms with van der Waals surface area (Å²) in [5.41, 5.74) is 7.21. The first-order valence-corrected chi connectivity index (χ1v) is 7.41. The molecule has 0 saturated heterocycles. The number of ether oxygens (including phenoxy) is 2. The van der Waals surface area contributed by atoms with Gasteiger partial charge in [-0.3, -0.25) is 4.79 Å². The van der Waals surface area contributed by atoms with Crippen LogP contribution in [0.25, 0.3) is 11.3 Å². The van der Waals surface area contributed by atoms with Crippen molar-refractivity contribution in [2.24, 2.45) is 0 Å². The fourth-order valence-electron chi connectivity index (χ4n) is 2.47. The predicted molar refractivity (Wildman–Crippen MR) is 91.3 cm³/mol. The van der Waals surface area contributed by atoms with Crippen LogP contribution in [-0.4, -0.2) is 29.9 Å². The van der Waals surface area contributed by atoms with Crippen LogP contribution in [0.2, 0.25) is 0 Å². The molecule has 0 aliphatic heterocycles. The number of methoxy groups -OCH3 is 2. The zero-order valence-corrected chi connectivity index (χ0v) is 13.7. The molecule has 128 valence electrons. The number of hydrogen-bond acceptors (Lipinski definition) is 5. The van der Waals surface area contributed by atoms with Gasteiger partial charge < -0.3 is 15.2 Å². The molecule has 3 aromatic rings. The van der Waals surface area contributed by atoms with Crippen LogP contribution in [0.5, 0.6) is 11.5 Å². The van der Waals surface area contributed by atoms with E-state index in [-0.39, 0.29) is 11.6 Å². The summed E-state index contributed by atoms with van der Waals surface area (Å²) in [4.78, 5) is 12.9. The Labute approximate surface area is 143 Å². The maximum atomic E-state index is 13.1. The monoisotopic (exact) mass is 341 g/mol. The van der Waals surface area contributed by atoms with E-state index in [0.29, 0.717) is 28.3 Å². The van der Waals surface area contributed by atoms with Gasteiger partial charge in [0, 0.05) is 17.2 Å². The number of carbonyl (C=O) groups is 1. The predicted octanol–water partition coefficient (Wildman–Crippen LogP) is 2.98. The molecule has 0 saturated carbocycles. The average Bonchev–Trinajstić information content (AvgIpc) is 3.02. The zero-order valence-electron chi connectivity index (χ0n) is 13.7. The van der Waals surface area contributed by atoms with Crippen molar-refractivity contribution in [3.8, 4) is 22.8 Å². The molecule has 7 heteroatoms. The SMILES string of the molecule is COc1ccc(C(=O)n2nc(N)cc2-c2ccc(F)cc2)cc1OC. The standard InChI is InChI=1S/C18H16FN3O3/c1-24-15-8-5-12(9-16(15)25-2)18(23)22-14(10-17(20)21-22)11-3-6-13(19)7-4-11/h3-10H,1-2H3,(H2,20,21). The lowest BCUT2D eigenvalue weighted by molar-refractivity contribution is 0.0947. The Bertz CT molecular complexity index is 920. The van der Waals surface area contributed by atoms with Crippen molar-refractivity contribution in [2.45, 2.75) is 0 Å². The zero-order chi connectivity index (χ0) is 18.0. The van der Waals surface area contributed by atoms with Crippen LogP contribution in [0.3, 0.4) is 0 Å². The van der Waals surface area contributed by atoms with E-state index in [1.807, 2.05) is 0 Å². The largest absolute Gasteiger partial charge is 0.493 e. The van der Waals surface area contributed by atoms with Crippen molar-refractivity contribution in [2.75, 3.05) is 20.0 Å². The van der Waals surface area contributed by atoms with Crippen molar-refractivity contribution in [3.63, 3.8) is 0 Å². The number of hydrogen-bond donors (Lipinski definition) is 1. The molecule has 1 heterocycles. The number of nitrogens with two attached hydrogens (primary N) is 1. The van der Waals surface area contributed by atoms with E-state index in [1.54, 1.807) is 36.4 Å². The third-order valence-corrected chi connectivity index (χ3v) is 3.69. The first kappa shape index (κ1) is 16.5. The van der Waals surface area contributed by atoms with Gasteiger partial charge in [0.15, 0.2) is 11.5 Å². The number of nitrogens with zero attached hydrogens (tertiary/aromatic N) is 2. The Balaban J connectivity index is 2.05. The highest BCUT2D eigenvalue weighted by atomic mass is 19.1. The molecule has 25 heavy (non-hydrogen) atoms. The van der Waals surface area contributed by atoms with Crippen LogP contribution in [0.1, 0.15) is 10.4 Å². The minimum Gasteiger partial charge on any atom is -0.493 e. The van der Waals surface area contributed by atoms with Crippen LogP contribution in [0.4, 0.5) is 10.2 Å². The van der Waals surface area contributed by atoms with Crippen molar-refractivity contribution >= 4 is 11.7 Å². The molecule has 0 spiro atoms. The Morgan fingerprint density at radius 3 is 2.36 bits per heavy atom. The molecular formula is C18H16FN3O3. The van der Waals surface area contributed by atoms with Gasteiger partial charge in [0.25, 0.3) is 5.91 Å². The number of aromatic nitrogens is 2. The minimum absolute atomic E-state index is 0.188. The molecule has 0 atom stereocenters. The second kappa shape index (κ2) is 6.64. The number of carbonyl (C=O) groups excluding carboxylic acids is 1. The van der Waals surface area contributed by atoms with E-state index in [4.69, 9.17) is 15.2 Å². The molecule has 0 radical (unpaired) electrons. The van der Waals surface area contributed by atoms with Gasteiger partial charge in [-0.1, -0.05) is 0 Å². The van der Waals surface area contributed by atoms with Crippen LogP contribution >= 0.6 is 0 Å². The number of rotatable bonds is 4. The van der Waals surface area contributed by atoms with Gasteiger partial charge >= 0.3 is 0 Å². The van der Waals surface area contributed by atoms with E-state index in [9.17, 15) is 9.18 Å². The van der Waals surface area contributed by atoms with Gasteiger partial charge in [-0.25, -0.2) is 4.39 Å². The summed E-state index contributed by atoms with van der Waals surface area (Å²) in [5.74, 6) is 0.369. The Morgan fingerprint density at radius 2 is 1.72 bits per heavy atom. The van der Waals surface area contributed by atoms with Crippen LogP contribution < -0.4 is 15.2 Å². The lowest BCUT2D eigenvalue weighted by Gasteiger charge is -2.10. The van der Waals surface area contributed by atoms with Gasteiger partial charge in [-0.2, -0.15) is 4.68 Å². The van der Waals surface area contributed by atoms with Crippen LogP contribution in [0.15, 0.2) is 48.5 Å². The molecule has 6 nitrogen and oxygen atoms in total. The molecule has 0 bridgehead atoms. The second-order valence-electron chi connectivity index (χ2n) is 5.25. The Hall–Kier alpha value is -3.35. The highest BCUT2D eigenvalue weighted by molar-refractivity contribution is 5.98. The molecule has 0 amide bonds. The summed E-state index contributed by atoms with van der Waals surface area (Å²) in [6.45, 7) is 0. The van der Waals surface area contributed by atoms with Crippen LogP contribution in [-0.2, 0) is 0 Å². The first-order valence-electron chi connectivity index (χ1n) is 7.41. The first-order chi connectivity index (χ1) is 12.0. The van der Waals surface area contributed by atoms with Crippen molar-refractivity contribution in [1.82, 2.24) is 9.78 Å². The third-order valence-electron chi connectivity index (χ3n) is 3.69. The van der Waals surface area contributed by atoms with Gasteiger partial charge in [0.1, 0.15) is 11.6 Å². The summed E-state index contributed by atoms with van der Waals surface area (Å²) in [6, 6.07) is 12.1. The molecule has 0 unspecified atom stereocenters. The lowest BCUT2D eigenvalue weighted by Crippen LogP contribution is -2.15. The van der Waals surface area contributed by atoms with Gasteiger partial charge in [-0.05, 0) is 42.5 Å². The number of nitrogen functional groups attached to an aromatic ring is 1. The van der Waals surface area contributed by atoms with Crippen molar-refractivity contribution in [3.05, 3.63) is 59.9 Å². The summed E-state index contributed by atoms with van der Waals surface area (Å²) in [6.07, 6.45) is 0. The molecule has 0 aliphatic rings. The Morgan fingerprint density at radius 1 is 1.04 bits per heavy atom.